The lowest BCUT2D eigenvalue weighted by molar-refractivity contribution is -0.114. The van der Waals surface area contributed by atoms with Gasteiger partial charge in [-0.1, -0.05) is 25.0 Å². The highest BCUT2D eigenvalue weighted by Gasteiger charge is 2.16. The van der Waals surface area contributed by atoms with E-state index in [1.54, 1.807) is 0 Å². The van der Waals surface area contributed by atoms with E-state index in [9.17, 15) is 4.79 Å². The molecular weight excluding hydrogens is 236 g/mol. The molecule has 3 nitrogen and oxygen atoms in total. The van der Waals surface area contributed by atoms with Gasteiger partial charge in [0, 0.05) is 24.7 Å². The highest BCUT2D eigenvalue weighted by molar-refractivity contribution is 5.88. The molecule has 1 aromatic rings. The Balaban J connectivity index is 1.82. The van der Waals surface area contributed by atoms with Gasteiger partial charge in [-0.2, -0.15) is 0 Å². The van der Waals surface area contributed by atoms with Crippen molar-refractivity contribution in [3.63, 3.8) is 0 Å². The predicted octanol–water partition coefficient (Wildman–Crippen LogP) is 3.11. The molecule has 0 aliphatic heterocycles. The minimum atomic E-state index is -0.0241. The number of rotatable bonds is 5. The lowest BCUT2D eigenvalue weighted by Crippen LogP contribution is -2.35. The Kier molecular flexibility index (Phi) is 4.97. The van der Waals surface area contributed by atoms with E-state index < -0.39 is 0 Å². The van der Waals surface area contributed by atoms with Gasteiger partial charge in [0.2, 0.25) is 5.91 Å². The highest BCUT2D eigenvalue weighted by Crippen LogP contribution is 2.19. The van der Waals surface area contributed by atoms with Crippen LogP contribution in [0.3, 0.4) is 0 Å². The van der Waals surface area contributed by atoms with Crippen molar-refractivity contribution in [3.05, 3.63) is 29.8 Å². The van der Waals surface area contributed by atoms with Crippen molar-refractivity contribution in [1.82, 2.24) is 5.32 Å². The van der Waals surface area contributed by atoms with Gasteiger partial charge in [0.25, 0.3) is 0 Å². The van der Waals surface area contributed by atoms with Gasteiger partial charge in [-0.15, -0.1) is 0 Å². The smallest absolute Gasteiger partial charge is 0.221 e. The van der Waals surface area contributed by atoms with Crippen LogP contribution in [-0.4, -0.2) is 18.0 Å². The molecule has 0 saturated heterocycles. The number of hydrogen-bond donors (Lipinski definition) is 2. The Morgan fingerprint density at radius 1 is 1.26 bits per heavy atom. The molecule has 104 valence electrons. The normalized spacial score (nSPS) is 17.4. The van der Waals surface area contributed by atoms with Gasteiger partial charge in [-0.3, -0.25) is 4.79 Å². The van der Waals surface area contributed by atoms with Gasteiger partial charge in [0.1, 0.15) is 0 Å². The number of benzene rings is 1. The van der Waals surface area contributed by atoms with E-state index in [4.69, 9.17) is 0 Å². The van der Waals surface area contributed by atoms with Gasteiger partial charge in [0.15, 0.2) is 0 Å². The first-order valence-corrected chi connectivity index (χ1v) is 7.26. The van der Waals surface area contributed by atoms with E-state index in [0.717, 1.165) is 12.1 Å². The first kappa shape index (κ1) is 14.1. The van der Waals surface area contributed by atoms with Crippen molar-refractivity contribution in [1.29, 1.82) is 0 Å². The lowest BCUT2D eigenvalue weighted by atomic mass is 10.1. The third-order valence-electron chi connectivity index (χ3n) is 3.69. The molecule has 1 amide bonds. The molecule has 1 saturated carbocycles. The zero-order valence-electron chi connectivity index (χ0n) is 11.9. The molecule has 1 aliphatic carbocycles. The fourth-order valence-corrected chi connectivity index (χ4v) is 2.83. The summed E-state index contributed by atoms with van der Waals surface area (Å²) in [7, 11) is 0. The molecule has 19 heavy (non-hydrogen) atoms. The molecular formula is C16H24N2O. The minimum absolute atomic E-state index is 0.0241. The van der Waals surface area contributed by atoms with Crippen molar-refractivity contribution >= 4 is 11.6 Å². The van der Waals surface area contributed by atoms with Gasteiger partial charge in [-0.05, 0) is 43.9 Å². The van der Waals surface area contributed by atoms with E-state index in [0.29, 0.717) is 12.1 Å². The molecule has 0 aromatic heterocycles. The van der Waals surface area contributed by atoms with Crippen LogP contribution < -0.4 is 10.6 Å². The SMILES string of the molecule is CC(=O)Nc1ccc(CC(C)NC2CCCC2)cc1. The maximum absolute atomic E-state index is 10.9. The van der Waals surface area contributed by atoms with Crippen LogP contribution in [0.25, 0.3) is 0 Å². The Morgan fingerprint density at radius 3 is 2.47 bits per heavy atom. The quantitative estimate of drug-likeness (QED) is 0.854. The van der Waals surface area contributed by atoms with Crippen molar-refractivity contribution in [3.8, 4) is 0 Å². The van der Waals surface area contributed by atoms with Gasteiger partial charge < -0.3 is 10.6 Å². The molecule has 0 spiro atoms. The largest absolute Gasteiger partial charge is 0.326 e. The van der Waals surface area contributed by atoms with Crippen LogP contribution in [0.4, 0.5) is 5.69 Å². The summed E-state index contributed by atoms with van der Waals surface area (Å²) >= 11 is 0. The van der Waals surface area contributed by atoms with E-state index in [1.165, 1.54) is 38.2 Å². The van der Waals surface area contributed by atoms with Gasteiger partial charge in [0.05, 0.1) is 0 Å². The molecule has 1 atom stereocenters. The summed E-state index contributed by atoms with van der Waals surface area (Å²) in [5, 5.41) is 6.49. The minimum Gasteiger partial charge on any atom is -0.326 e. The van der Waals surface area contributed by atoms with Crippen LogP contribution in [0.1, 0.15) is 45.1 Å². The number of anilines is 1. The third kappa shape index (κ3) is 4.67. The third-order valence-corrected chi connectivity index (χ3v) is 3.69. The van der Waals surface area contributed by atoms with Crippen molar-refractivity contribution < 1.29 is 4.79 Å². The molecule has 2 rings (SSSR count). The average molecular weight is 260 g/mol. The fourth-order valence-electron chi connectivity index (χ4n) is 2.83. The van der Waals surface area contributed by atoms with Crippen LogP contribution in [0, 0.1) is 0 Å². The number of hydrogen-bond acceptors (Lipinski definition) is 2. The standard InChI is InChI=1S/C16H24N2O/c1-12(17-15-5-3-4-6-15)11-14-7-9-16(10-8-14)18-13(2)19/h7-10,12,15,17H,3-6,11H2,1-2H3,(H,18,19). The molecule has 0 radical (unpaired) electrons. The second kappa shape index (κ2) is 6.71. The average Bonchev–Trinajstić information content (AvgIpc) is 2.83. The summed E-state index contributed by atoms with van der Waals surface area (Å²) < 4.78 is 0. The van der Waals surface area contributed by atoms with Crippen LogP contribution in [0.5, 0.6) is 0 Å². The van der Waals surface area contributed by atoms with Crippen LogP contribution >= 0.6 is 0 Å². The number of carbonyl (C=O) groups excluding carboxylic acids is 1. The lowest BCUT2D eigenvalue weighted by Gasteiger charge is -2.19. The summed E-state index contributed by atoms with van der Waals surface area (Å²) in [6.07, 6.45) is 6.43. The number of amides is 1. The Hall–Kier alpha value is -1.35. The summed E-state index contributed by atoms with van der Waals surface area (Å²) in [5.41, 5.74) is 2.18. The molecule has 0 bridgehead atoms. The zero-order valence-corrected chi connectivity index (χ0v) is 11.9. The summed E-state index contributed by atoms with van der Waals surface area (Å²) in [6.45, 7) is 3.78. The molecule has 1 fully saturated rings. The topological polar surface area (TPSA) is 41.1 Å². The number of carbonyl (C=O) groups is 1. The first-order valence-electron chi connectivity index (χ1n) is 7.26. The highest BCUT2D eigenvalue weighted by atomic mass is 16.1. The monoisotopic (exact) mass is 260 g/mol. The molecule has 3 heteroatoms. The van der Waals surface area contributed by atoms with Gasteiger partial charge >= 0.3 is 0 Å². The van der Waals surface area contributed by atoms with Crippen molar-refractivity contribution in [2.45, 2.75) is 58.0 Å². The van der Waals surface area contributed by atoms with E-state index in [1.807, 2.05) is 12.1 Å². The first-order chi connectivity index (χ1) is 9.13. The van der Waals surface area contributed by atoms with E-state index in [2.05, 4.69) is 29.7 Å². The Bertz CT molecular complexity index is 407. The second-order valence-corrected chi connectivity index (χ2v) is 5.63. The van der Waals surface area contributed by atoms with Gasteiger partial charge in [-0.25, -0.2) is 0 Å². The van der Waals surface area contributed by atoms with Crippen LogP contribution in [0.15, 0.2) is 24.3 Å². The Morgan fingerprint density at radius 2 is 1.89 bits per heavy atom. The Labute approximate surface area is 115 Å². The molecule has 1 aliphatic rings. The van der Waals surface area contributed by atoms with Crippen molar-refractivity contribution in [2.75, 3.05) is 5.32 Å². The maximum Gasteiger partial charge on any atom is 0.221 e. The fraction of sp³-hybridized carbons (Fsp3) is 0.562. The molecule has 2 N–H and O–H groups in total. The molecule has 1 aromatic carbocycles. The molecule has 0 heterocycles. The predicted molar refractivity (Wildman–Crippen MR) is 79.3 cm³/mol. The van der Waals surface area contributed by atoms with E-state index in [-0.39, 0.29) is 5.91 Å². The molecule has 1 unspecified atom stereocenters. The van der Waals surface area contributed by atoms with Crippen LogP contribution in [0.2, 0.25) is 0 Å². The summed E-state index contributed by atoms with van der Waals surface area (Å²) in [4.78, 5) is 10.9. The second-order valence-electron chi connectivity index (χ2n) is 5.63. The zero-order chi connectivity index (χ0) is 13.7. The maximum atomic E-state index is 10.9. The van der Waals surface area contributed by atoms with Crippen LogP contribution in [-0.2, 0) is 11.2 Å². The van der Waals surface area contributed by atoms with Crippen molar-refractivity contribution in [2.24, 2.45) is 0 Å². The van der Waals surface area contributed by atoms with E-state index >= 15 is 0 Å². The summed E-state index contributed by atoms with van der Waals surface area (Å²) in [6, 6.07) is 9.36. The number of nitrogens with one attached hydrogen (secondary N) is 2. The summed E-state index contributed by atoms with van der Waals surface area (Å²) in [5.74, 6) is -0.0241.